The molecule has 8 nitrogen and oxygen atoms in total. The van der Waals surface area contributed by atoms with Crippen molar-refractivity contribution in [1.82, 2.24) is 20.3 Å². The number of carbonyl (C=O) groups is 1. The van der Waals surface area contributed by atoms with Crippen molar-refractivity contribution in [2.45, 2.75) is 25.4 Å². The van der Waals surface area contributed by atoms with Crippen molar-refractivity contribution in [3.8, 4) is 0 Å². The molecule has 0 spiro atoms. The van der Waals surface area contributed by atoms with Crippen LogP contribution in [0.5, 0.6) is 0 Å². The molecular formula is C15H19N5O3. The molecule has 23 heavy (non-hydrogen) atoms. The standard InChI is InChI=1S/C15H19N5O3/c1-11-19-12(8-23-11)13(21)18-9-15(22)4-2-7-20(10-15)14-16-5-3-6-17-14/h3,5-6,8,22H,2,4,7,9-10H2,1H3,(H,18,21)/t15-/m1/s1. The van der Waals surface area contributed by atoms with Crippen LogP contribution in [0.25, 0.3) is 0 Å². The number of aliphatic hydroxyl groups is 1. The summed E-state index contributed by atoms with van der Waals surface area (Å²) >= 11 is 0. The summed E-state index contributed by atoms with van der Waals surface area (Å²) in [5.41, 5.74) is -0.809. The Bertz CT molecular complexity index is 675. The van der Waals surface area contributed by atoms with Crippen molar-refractivity contribution in [3.05, 3.63) is 36.3 Å². The van der Waals surface area contributed by atoms with Crippen LogP contribution in [0.2, 0.25) is 0 Å². The van der Waals surface area contributed by atoms with Gasteiger partial charge in [-0.15, -0.1) is 0 Å². The summed E-state index contributed by atoms with van der Waals surface area (Å²) in [5, 5.41) is 13.5. The van der Waals surface area contributed by atoms with Gasteiger partial charge in [-0.3, -0.25) is 4.79 Å². The van der Waals surface area contributed by atoms with Crippen LogP contribution in [0.15, 0.2) is 29.1 Å². The number of carbonyl (C=O) groups excluding carboxylic acids is 1. The molecular weight excluding hydrogens is 298 g/mol. The maximum atomic E-state index is 12.0. The van der Waals surface area contributed by atoms with Gasteiger partial charge in [-0.05, 0) is 18.9 Å². The minimum Gasteiger partial charge on any atom is -0.448 e. The molecule has 1 aliphatic rings. The molecule has 1 aliphatic heterocycles. The number of aryl methyl sites for hydroxylation is 1. The summed E-state index contributed by atoms with van der Waals surface area (Å²) in [6.07, 6.45) is 6.05. The summed E-state index contributed by atoms with van der Waals surface area (Å²) in [4.78, 5) is 26.3. The zero-order chi connectivity index (χ0) is 16.3. The Morgan fingerprint density at radius 2 is 2.26 bits per heavy atom. The molecule has 0 aromatic carbocycles. The van der Waals surface area contributed by atoms with Crippen LogP contribution in [0, 0.1) is 6.92 Å². The smallest absolute Gasteiger partial charge is 0.273 e. The Labute approximate surface area is 133 Å². The zero-order valence-corrected chi connectivity index (χ0v) is 12.9. The van der Waals surface area contributed by atoms with E-state index in [0.717, 1.165) is 13.0 Å². The molecule has 1 atom stereocenters. The van der Waals surface area contributed by atoms with Crippen LogP contribution in [-0.2, 0) is 0 Å². The normalized spacial score (nSPS) is 21.2. The van der Waals surface area contributed by atoms with E-state index in [4.69, 9.17) is 4.42 Å². The maximum Gasteiger partial charge on any atom is 0.273 e. The predicted octanol–water partition coefficient (Wildman–Crippen LogP) is 0.534. The number of nitrogens with one attached hydrogen (secondary N) is 1. The van der Waals surface area contributed by atoms with Crippen molar-refractivity contribution in [3.63, 3.8) is 0 Å². The summed E-state index contributed by atoms with van der Waals surface area (Å²) in [5.74, 6) is 0.659. The molecule has 122 valence electrons. The van der Waals surface area contributed by atoms with Crippen molar-refractivity contribution in [2.75, 3.05) is 24.5 Å². The second kappa shape index (κ2) is 6.33. The lowest BCUT2D eigenvalue weighted by Gasteiger charge is -2.39. The van der Waals surface area contributed by atoms with Gasteiger partial charge in [0.25, 0.3) is 5.91 Å². The van der Waals surface area contributed by atoms with E-state index in [9.17, 15) is 9.90 Å². The van der Waals surface area contributed by atoms with Gasteiger partial charge in [0.05, 0.1) is 12.1 Å². The fraction of sp³-hybridized carbons (Fsp3) is 0.467. The quantitative estimate of drug-likeness (QED) is 0.847. The average molecular weight is 317 g/mol. The van der Waals surface area contributed by atoms with E-state index in [0.29, 0.717) is 24.8 Å². The SMILES string of the molecule is Cc1nc(C(=O)NC[C@]2(O)CCCN(c3ncccn3)C2)co1. The minimum absolute atomic E-state index is 0.140. The molecule has 1 saturated heterocycles. The number of amides is 1. The van der Waals surface area contributed by atoms with Gasteiger partial charge in [0.2, 0.25) is 5.95 Å². The Morgan fingerprint density at radius 3 is 2.96 bits per heavy atom. The highest BCUT2D eigenvalue weighted by atomic mass is 16.3. The van der Waals surface area contributed by atoms with Crippen LogP contribution in [0.4, 0.5) is 5.95 Å². The summed E-state index contributed by atoms with van der Waals surface area (Å²) in [6.45, 7) is 2.96. The molecule has 8 heteroatoms. The highest BCUT2D eigenvalue weighted by Gasteiger charge is 2.34. The topological polar surface area (TPSA) is 104 Å². The highest BCUT2D eigenvalue weighted by Crippen LogP contribution is 2.23. The number of piperidine rings is 1. The molecule has 0 radical (unpaired) electrons. The molecule has 3 heterocycles. The third kappa shape index (κ3) is 3.65. The zero-order valence-electron chi connectivity index (χ0n) is 12.9. The van der Waals surface area contributed by atoms with Gasteiger partial charge in [-0.25, -0.2) is 15.0 Å². The van der Waals surface area contributed by atoms with Gasteiger partial charge in [-0.2, -0.15) is 0 Å². The number of hydrogen-bond donors (Lipinski definition) is 2. The molecule has 3 rings (SSSR count). The third-order valence-electron chi connectivity index (χ3n) is 3.82. The molecule has 1 fully saturated rings. The maximum absolute atomic E-state index is 12.0. The van der Waals surface area contributed by atoms with Crippen molar-refractivity contribution in [2.24, 2.45) is 0 Å². The summed E-state index contributed by atoms with van der Waals surface area (Å²) < 4.78 is 5.02. The number of rotatable bonds is 4. The molecule has 2 aromatic rings. The molecule has 2 aromatic heterocycles. The first-order valence-electron chi connectivity index (χ1n) is 7.50. The van der Waals surface area contributed by atoms with E-state index in [1.54, 1.807) is 25.4 Å². The second-order valence-electron chi connectivity index (χ2n) is 5.73. The lowest BCUT2D eigenvalue weighted by molar-refractivity contribution is 0.0251. The summed E-state index contributed by atoms with van der Waals surface area (Å²) in [7, 11) is 0. The first-order valence-corrected chi connectivity index (χ1v) is 7.50. The van der Waals surface area contributed by atoms with E-state index in [1.165, 1.54) is 6.26 Å². The van der Waals surface area contributed by atoms with Crippen molar-refractivity contribution >= 4 is 11.9 Å². The third-order valence-corrected chi connectivity index (χ3v) is 3.82. The number of hydrogen-bond acceptors (Lipinski definition) is 7. The molecule has 0 aliphatic carbocycles. The number of aromatic nitrogens is 3. The van der Waals surface area contributed by atoms with Crippen LogP contribution in [0.3, 0.4) is 0 Å². The second-order valence-corrected chi connectivity index (χ2v) is 5.73. The molecule has 1 amide bonds. The molecule has 0 unspecified atom stereocenters. The number of anilines is 1. The van der Waals surface area contributed by atoms with Gasteiger partial charge in [0.1, 0.15) is 6.26 Å². The fourth-order valence-corrected chi connectivity index (χ4v) is 2.68. The predicted molar refractivity (Wildman–Crippen MR) is 82.0 cm³/mol. The monoisotopic (exact) mass is 317 g/mol. The van der Waals surface area contributed by atoms with Crippen LogP contribution in [0.1, 0.15) is 29.2 Å². The minimum atomic E-state index is -1.02. The Morgan fingerprint density at radius 1 is 1.48 bits per heavy atom. The van der Waals surface area contributed by atoms with Crippen molar-refractivity contribution in [1.29, 1.82) is 0 Å². The van der Waals surface area contributed by atoms with E-state index >= 15 is 0 Å². The van der Waals surface area contributed by atoms with Crippen LogP contribution >= 0.6 is 0 Å². The van der Waals surface area contributed by atoms with Gasteiger partial charge < -0.3 is 19.7 Å². The highest BCUT2D eigenvalue weighted by molar-refractivity contribution is 5.91. The first-order chi connectivity index (χ1) is 11.1. The van der Waals surface area contributed by atoms with Gasteiger partial charge in [0.15, 0.2) is 11.6 Å². The number of oxazole rings is 1. The van der Waals surface area contributed by atoms with Gasteiger partial charge in [-0.1, -0.05) is 0 Å². The average Bonchev–Trinajstić information content (AvgIpc) is 3.00. The van der Waals surface area contributed by atoms with E-state index in [1.807, 2.05) is 4.90 Å². The Hall–Kier alpha value is -2.48. The van der Waals surface area contributed by atoms with Gasteiger partial charge >= 0.3 is 0 Å². The fourth-order valence-electron chi connectivity index (χ4n) is 2.68. The lowest BCUT2D eigenvalue weighted by atomic mass is 9.93. The van der Waals surface area contributed by atoms with Gasteiger partial charge in [0, 0.05) is 32.4 Å². The van der Waals surface area contributed by atoms with E-state index < -0.39 is 5.60 Å². The van der Waals surface area contributed by atoms with E-state index in [2.05, 4.69) is 20.3 Å². The number of nitrogens with zero attached hydrogens (tertiary/aromatic N) is 4. The first kappa shape index (κ1) is 15.4. The Balaban J connectivity index is 1.61. The molecule has 0 bridgehead atoms. The Kier molecular flexibility index (Phi) is 4.24. The molecule has 0 saturated carbocycles. The lowest BCUT2D eigenvalue weighted by Crippen LogP contribution is -2.54. The molecule has 2 N–H and O–H groups in total. The van der Waals surface area contributed by atoms with Crippen LogP contribution in [-0.4, -0.2) is 51.2 Å². The van der Waals surface area contributed by atoms with Crippen molar-refractivity contribution < 1.29 is 14.3 Å². The number of β-amino-alcohol motifs (C(OH)–C–C–N with tert-alkyl or cyclic N) is 1. The van der Waals surface area contributed by atoms with Crippen LogP contribution < -0.4 is 10.2 Å². The van der Waals surface area contributed by atoms with E-state index in [-0.39, 0.29) is 18.1 Å². The summed E-state index contributed by atoms with van der Waals surface area (Å²) in [6, 6.07) is 1.75. The largest absolute Gasteiger partial charge is 0.448 e.